The highest BCUT2D eigenvalue weighted by molar-refractivity contribution is 7.91. The zero-order valence-corrected chi connectivity index (χ0v) is 15.7. The first kappa shape index (κ1) is 21.3. The molecule has 2 N–H and O–H groups in total. The van der Waals surface area contributed by atoms with Gasteiger partial charge in [0, 0.05) is 14.1 Å². The fourth-order valence-electron chi connectivity index (χ4n) is 2.34. The van der Waals surface area contributed by atoms with Crippen molar-refractivity contribution in [1.29, 1.82) is 0 Å². The van der Waals surface area contributed by atoms with Crippen LogP contribution in [0.15, 0.2) is 34.1 Å². The largest absolute Gasteiger partial charge is 0.573 e. The Bertz CT molecular complexity index is 1040. The van der Waals surface area contributed by atoms with Crippen LogP contribution in [0.3, 0.4) is 0 Å². The second-order valence-corrected chi connectivity index (χ2v) is 7.82. The molecular formula is C16H15F3N3O5S-. The number of benzene rings is 1. The molecule has 0 fully saturated rings. The number of nitrogens with two attached hydrogens (primary N) is 1. The third-order valence-electron chi connectivity index (χ3n) is 3.52. The number of ether oxygens (including phenoxy) is 1. The summed E-state index contributed by atoms with van der Waals surface area (Å²) in [7, 11) is -1.87. The lowest BCUT2D eigenvalue weighted by Gasteiger charge is -2.20. The number of carboxylic acids is 1. The van der Waals surface area contributed by atoms with Gasteiger partial charge in [0.25, 0.3) is 0 Å². The van der Waals surface area contributed by atoms with Gasteiger partial charge in [0.15, 0.2) is 0 Å². The minimum absolute atomic E-state index is 0.330. The Balaban J connectivity index is 2.79. The highest BCUT2D eigenvalue weighted by Gasteiger charge is 2.35. The van der Waals surface area contributed by atoms with Crippen LogP contribution in [-0.4, -0.2) is 39.8 Å². The van der Waals surface area contributed by atoms with Crippen LogP contribution in [0.5, 0.6) is 5.75 Å². The van der Waals surface area contributed by atoms with Crippen LogP contribution in [0.4, 0.5) is 24.7 Å². The Labute approximate surface area is 158 Å². The molecule has 0 aliphatic rings. The van der Waals surface area contributed by atoms with Crippen LogP contribution in [0.25, 0.3) is 0 Å². The number of sulfone groups is 1. The molecule has 12 heteroatoms. The third-order valence-corrected chi connectivity index (χ3v) is 5.31. The van der Waals surface area contributed by atoms with Crippen LogP contribution in [0.1, 0.15) is 16.1 Å². The molecule has 1 heterocycles. The molecule has 1 aromatic heterocycles. The Morgan fingerprint density at radius 3 is 2.32 bits per heavy atom. The van der Waals surface area contributed by atoms with Crippen molar-refractivity contribution in [2.45, 2.75) is 23.1 Å². The summed E-state index contributed by atoms with van der Waals surface area (Å²) >= 11 is 0. The summed E-state index contributed by atoms with van der Waals surface area (Å²) in [6, 6.07) is 3.97. The van der Waals surface area contributed by atoms with E-state index < -0.39 is 49.1 Å². The smallest absolute Gasteiger partial charge is 0.543 e. The quantitative estimate of drug-likeness (QED) is 0.766. The standard InChI is InChI=1S/C16H16F3N3O5S/c1-8-4-5-11(10(6-8)27-16(17,18)19)28(25,26)12-7-9(20)13(15(23)24)21-14(12)22(2)3/h4-7H,20H2,1-3H3,(H,23,24)/p-1. The van der Waals surface area contributed by atoms with Crippen molar-refractivity contribution in [2.75, 3.05) is 24.7 Å². The van der Waals surface area contributed by atoms with E-state index >= 15 is 0 Å². The molecule has 0 radical (unpaired) electrons. The topological polar surface area (TPSA) is 126 Å². The lowest BCUT2D eigenvalue weighted by atomic mass is 10.2. The van der Waals surface area contributed by atoms with E-state index in [-0.39, 0.29) is 5.82 Å². The van der Waals surface area contributed by atoms with Gasteiger partial charge in [-0.3, -0.25) is 0 Å². The number of halogens is 3. The van der Waals surface area contributed by atoms with Gasteiger partial charge in [0.1, 0.15) is 27.1 Å². The van der Waals surface area contributed by atoms with Crippen LogP contribution in [-0.2, 0) is 9.84 Å². The minimum atomic E-state index is -5.13. The van der Waals surface area contributed by atoms with Crippen LogP contribution >= 0.6 is 0 Å². The fraction of sp³-hybridized carbons (Fsp3) is 0.250. The first-order chi connectivity index (χ1) is 12.7. The number of alkyl halides is 3. The summed E-state index contributed by atoms with van der Waals surface area (Å²) < 4.78 is 68.2. The Hall–Kier alpha value is -3.02. The van der Waals surface area contributed by atoms with E-state index in [1.54, 1.807) is 0 Å². The highest BCUT2D eigenvalue weighted by Crippen LogP contribution is 2.37. The van der Waals surface area contributed by atoms with Crippen LogP contribution in [0, 0.1) is 6.92 Å². The van der Waals surface area contributed by atoms with E-state index in [1.165, 1.54) is 32.0 Å². The Morgan fingerprint density at radius 2 is 1.82 bits per heavy atom. The Morgan fingerprint density at radius 1 is 1.21 bits per heavy atom. The zero-order valence-electron chi connectivity index (χ0n) is 14.9. The Kier molecular flexibility index (Phi) is 5.46. The summed E-state index contributed by atoms with van der Waals surface area (Å²) in [6.07, 6.45) is -5.13. The van der Waals surface area contributed by atoms with Crippen molar-refractivity contribution in [2.24, 2.45) is 0 Å². The van der Waals surface area contributed by atoms with E-state index in [4.69, 9.17) is 5.73 Å². The predicted molar refractivity (Wildman–Crippen MR) is 90.6 cm³/mol. The molecule has 8 nitrogen and oxygen atoms in total. The number of aryl methyl sites for hydroxylation is 1. The molecule has 0 bridgehead atoms. The van der Waals surface area contributed by atoms with Gasteiger partial charge >= 0.3 is 6.36 Å². The van der Waals surface area contributed by atoms with Gasteiger partial charge in [-0.2, -0.15) is 0 Å². The average Bonchev–Trinajstić information content (AvgIpc) is 2.52. The number of hydrogen-bond donors (Lipinski definition) is 1. The molecule has 2 aromatic rings. The van der Waals surface area contributed by atoms with Crippen molar-refractivity contribution in [3.8, 4) is 5.75 Å². The highest BCUT2D eigenvalue weighted by atomic mass is 32.2. The first-order valence-electron chi connectivity index (χ1n) is 7.54. The summed E-state index contributed by atoms with van der Waals surface area (Å²) in [5.41, 5.74) is 4.67. The molecule has 1 aromatic carbocycles. The number of carbonyl (C=O) groups excluding carboxylic acids is 1. The van der Waals surface area contributed by atoms with E-state index in [1.807, 2.05) is 0 Å². The molecule has 0 aliphatic heterocycles. The van der Waals surface area contributed by atoms with Gasteiger partial charge < -0.3 is 25.3 Å². The molecule has 0 unspecified atom stereocenters. The number of hydrogen-bond acceptors (Lipinski definition) is 8. The maximum atomic E-state index is 13.1. The zero-order chi connectivity index (χ0) is 21.4. The second-order valence-electron chi connectivity index (χ2n) is 5.93. The maximum absolute atomic E-state index is 13.1. The lowest BCUT2D eigenvalue weighted by Crippen LogP contribution is -2.27. The van der Waals surface area contributed by atoms with Gasteiger partial charge in [-0.05, 0) is 30.7 Å². The fourth-order valence-corrected chi connectivity index (χ4v) is 3.94. The number of carbonyl (C=O) groups is 1. The molecular weight excluding hydrogens is 403 g/mol. The van der Waals surface area contributed by atoms with Crippen LogP contribution < -0.4 is 20.5 Å². The number of carboxylic acid groups (broad SMARTS) is 1. The molecule has 28 heavy (non-hydrogen) atoms. The SMILES string of the molecule is Cc1ccc(S(=O)(=O)c2cc(N)c(C(=O)[O-])nc2N(C)C)c(OC(F)(F)F)c1. The third kappa shape index (κ3) is 4.27. The molecule has 0 saturated heterocycles. The normalized spacial score (nSPS) is 11.9. The molecule has 152 valence electrons. The van der Waals surface area contributed by atoms with Crippen LogP contribution in [0.2, 0.25) is 0 Å². The van der Waals surface area contributed by atoms with E-state index in [0.29, 0.717) is 5.56 Å². The maximum Gasteiger partial charge on any atom is 0.573 e. The number of anilines is 2. The van der Waals surface area contributed by atoms with Gasteiger partial charge in [-0.15, -0.1) is 13.2 Å². The van der Waals surface area contributed by atoms with Gasteiger partial charge in [-0.1, -0.05) is 6.07 Å². The minimum Gasteiger partial charge on any atom is -0.543 e. The van der Waals surface area contributed by atoms with Crippen molar-refractivity contribution in [3.05, 3.63) is 35.5 Å². The van der Waals surface area contributed by atoms with E-state index in [0.717, 1.165) is 18.2 Å². The second kappa shape index (κ2) is 7.19. The van der Waals surface area contributed by atoms with Crippen molar-refractivity contribution in [3.63, 3.8) is 0 Å². The summed E-state index contributed by atoms with van der Waals surface area (Å²) in [4.78, 5) is 14.6. The number of aromatic carboxylic acids is 1. The number of aromatic nitrogens is 1. The number of nitrogen functional groups attached to an aromatic ring is 1. The summed E-state index contributed by atoms with van der Waals surface area (Å²) in [6.45, 7) is 1.46. The number of nitrogens with zero attached hydrogens (tertiary/aromatic N) is 2. The van der Waals surface area contributed by atoms with Crippen molar-refractivity contribution < 1.29 is 36.2 Å². The van der Waals surface area contributed by atoms with Gasteiger partial charge in [0.2, 0.25) is 9.84 Å². The molecule has 0 amide bonds. The molecule has 0 spiro atoms. The van der Waals surface area contributed by atoms with Crippen molar-refractivity contribution in [1.82, 2.24) is 4.98 Å². The summed E-state index contributed by atoms with van der Waals surface area (Å²) in [5, 5.41) is 11.1. The monoisotopic (exact) mass is 418 g/mol. The number of pyridine rings is 1. The van der Waals surface area contributed by atoms with Gasteiger partial charge in [0.05, 0.1) is 11.7 Å². The molecule has 2 rings (SSSR count). The summed E-state index contributed by atoms with van der Waals surface area (Å²) in [5.74, 6) is -3.01. The average molecular weight is 418 g/mol. The predicted octanol–water partition coefficient (Wildman–Crippen LogP) is 1.13. The van der Waals surface area contributed by atoms with E-state index in [2.05, 4.69) is 9.72 Å². The van der Waals surface area contributed by atoms with Gasteiger partial charge in [-0.25, -0.2) is 13.4 Å². The first-order valence-corrected chi connectivity index (χ1v) is 9.03. The number of rotatable bonds is 5. The molecule has 0 aliphatic carbocycles. The van der Waals surface area contributed by atoms with Crippen molar-refractivity contribution >= 4 is 27.3 Å². The molecule has 0 saturated carbocycles. The van der Waals surface area contributed by atoms with E-state index in [9.17, 15) is 31.5 Å². The lowest BCUT2D eigenvalue weighted by molar-refractivity contribution is -0.275. The molecule has 0 atom stereocenters.